The molecule has 0 aliphatic carbocycles. The topological polar surface area (TPSA) is 66.0 Å². The van der Waals surface area contributed by atoms with Gasteiger partial charge in [-0.25, -0.2) is 4.98 Å². The van der Waals surface area contributed by atoms with Gasteiger partial charge >= 0.3 is 0 Å². The highest BCUT2D eigenvalue weighted by molar-refractivity contribution is 7.98. The van der Waals surface area contributed by atoms with Crippen molar-refractivity contribution in [2.24, 2.45) is 0 Å². The summed E-state index contributed by atoms with van der Waals surface area (Å²) in [6, 6.07) is 1.32. The Balaban J connectivity index is 2.85. The quantitative estimate of drug-likeness (QED) is 0.356. The molecule has 0 unspecified atom stereocenters. The van der Waals surface area contributed by atoms with E-state index >= 15 is 0 Å². The summed E-state index contributed by atoms with van der Waals surface area (Å²) in [6.45, 7) is 0. The van der Waals surface area contributed by atoms with Gasteiger partial charge in [-0.1, -0.05) is 11.8 Å². The average Bonchev–Trinajstić information content (AvgIpc) is 1.88. The maximum atomic E-state index is 10.6. The number of aromatic amines is 1. The van der Waals surface area contributed by atoms with Crippen LogP contribution in [0.5, 0.6) is 0 Å². The van der Waals surface area contributed by atoms with E-state index in [9.17, 15) is 4.79 Å². The van der Waals surface area contributed by atoms with Gasteiger partial charge in [0.15, 0.2) is 5.16 Å². The Morgan fingerprint density at radius 3 is 3.20 bits per heavy atom. The number of hydrogen-bond donors (Lipinski definition) is 2. The van der Waals surface area contributed by atoms with E-state index in [1.807, 2.05) is 0 Å². The van der Waals surface area contributed by atoms with Crippen molar-refractivity contribution in [3.63, 3.8) is 0 Å². The number of aliphatic hydroxyl groups is 1. The van der Waals surface area contributed by atoms with Crippen LogP contribution in [0.25, 0.3) is 0 Å². The molecule has 0 saturated carbocycles. The number of thioether (sulfide) groups is 1. The van der Waals surface area contributed by atoms with E-state index in [0.717, 1.165) is 11.8 Å². The van der Waals surface area contributed by atoms with Crippen molar-refractivity contribution in [1.29, 1.82) is 0 Å². The summed E-state index contributed by atoms with van der Waals surface area (Å²) < 4.78 is 0. The van der Waals surface area contributed by atoms with Gasteiger partial charge < -0.3 is 10.1 Å². The Morgan fingerprint density at radius 1 is 1.80 bits per heavy atom. The van der Waals surface area contributed by atoms with Crippen LogP contribution in [0.1, 0.15) is 0 Å². The molecule has 0 spiro atoms. The number of aromatic nitrogens is 2. The van der Waals surface area contributed by atoms with Crippen LogP contribution in [-0.4, -0.2) is 21.0 Å². The molecule has 0 amide bonds. The second kappa shape index (κ2) is 3.38. The van der Waals surface area contributed by atoms with Crippen LogP contribution < -0.4 is 5.56 Å². The molecule has 0 atom stereocenters. The summed E-state index contributed by atoms with van der Waals surface area (Å²) in [5.41, 5.74) is -0.203. The SMILES string of the molecule is O=c1ccnc(SCO)[nH]1. The van der Waals surface area contributed by atoms with Gasteiger partial charge in [-0.3, -0.25) is 4.79 Å². The zero-order valence-corrected chi connectivity index (χ0v) is 5.89. The van der Waals surface area contributed by atoms with E-state index in [2.05, 4.69) is 9.97 Å². The summed E-state index contributed by atoms with van der Waals surface area (Å²) >= 11 is 1.08. The van der Waals surface area contributed by atoms with Crippen molar-refractivity contribution in [3.8, 4) is 0 Å². The summed E-state index contributed by atoms with van der Waals surface area (Å²) in [5, 5.41) is 8.85. The predicted molar refractivity (Wildman–Crippen MR) is 37.8 cm³/mol. The molecule has 0 aliphatic rings. The minimum atomic E-state index is -0.203. The van der Waals surface area contributed by atoms with Crippen LogP contribution in [0.4, 0.5) is 0 Å². The van der Waals surface area contributed by atoms with E-state index in [1.54, 1.807) is 0 Å². The molecule has 2 N–H and O–H groups in total. The van der Waals surface area contributed by atoms with E-state index in [-0.39, 0.29) is 11.5 Å². The van der Waals surface area contributed by atoms with Gasteiger partial charge in [0.05, 0.1) is 5.94 Å². The molecule has 0 aliphatic heterocycles. The summed E-state index contributed by atoms with van der Waals surface area (Å²) in [4.78, 5) is 16.8. The molecular formula is C5H6N2O2S. The third kappa shape index (κ3) is 1.85. The highest BCUT2D eigenvalue weighted by Gasteiger charge is 1.91. The fourth-order valence-electron chi connectivity index (χ4n) is 0.486. The van der Waals surface area contributed by atoms with Gasteiger partial charge in [0.25, 0.3) is 5.56 Å². The molecule has 4 nitrogen and oxygen atoms in total. The maximum Gasteiger partial charge on any atom is 0.251 e. The van der Waals surface area contributed by atoms with E-state index in [1.165, 1.54) is 12.3 Å². The zero-order chi connectivity index (χ0) is 7.40. The fraction of sp³-hybridized carbons (Fsp3) is 0.200. The minimum absolute atomic E-state index is 0.0764. The molecule has 1 rings (SSSR count). The second-order valence-electron chi connectivity index (χ2n) is 1.51. The van der Waals surface area contributed by atoms with Gasteiger partial charge in [0, 0.05) is 12.3 Å². The van der Waals surface area contributed by atoms with Crippen molar-refractivity contribution in [1.82, 2.24) is 9.97 Å². The highest BCUT2D eigenvalue weighted by Crippen LogP contribution is 2.05. The van der Waals surface area contributed by atoms with Crippen LogP contribution in [0, 0.1) is 0 Å². The van der Waals surface area contributed by atoms with E-state index in [4.69, 9.17) is 5.11 Å². The van der Waals surface area contributed by atoms with Crippen molar-refractivity contribution in [2.75, 3.05) is 5.94 Å². The standard InChI is InChI=1S/C5H6N2O2S/c8-3-10-5-6-2-1-4(9)7-5/h1-2,8H,3H2,(H,6,7,9). The van der Waals surface area contributed by atoms with Gasteiger partial charge in [-0.2, -0.15) is 0 Å². The fourth-order valence-corrected chi connectivity index (χ4v) is 0.917. The lowest BCUT2D eigenvalue weighted by Crippen LogP contribution is -2.05. The molecule has 0 saturated heterocycles. The molecule has 1 heterocycles. The smallest absolute Gasteiger partial charge is 0.251 e. The maximum absolute atomic E-state index is 10.6. The first-order valence-electron chi connectivity index (χ1n) is 2.62. The summed E-state index contributed by atoms with van der Waals surface area (Å²) in [7, 11) is 0. The Hall–Kier alpha value is -0.810. The third-order valence-corrected chi connectivity index (χ3v) is 1.46. The molecular weight excluding hydrogens is 152 g/mol. The number of nitrogens with zero attached hydrogens (tertiary/aromatic N) is 1. The Labute approximate surface area is 61.3 Å². The first-order chi connectivity index (χ1) is 4.83. The lowest BCUT2D eigenvalue weighted by Gasteiger charge is -1.92. The molecule has 0 fully saturated rings. The summed E-state index contributed by atoms with van der Waals surface area (Å²) in [6.07, 6.45) is 1.40. The average molecular weight is 158 g/mol. The number of rotatable bonds is 2. The Morgan fingerprint density at radius 2 is 2.60 bits per heavy atom. The Bertz CT molecular complexity index is 260. The lowest BCUT2D eigenvalue weighted by atomic mass is 10.7. The van der Waals surface area contributed by atoms with Gasteiger partial charge in [-0.15, -0.1) is 0 Å². The third-order valence-electron chi connectivity index (χ3n) is 0.849. The van der Waals surface area contributed by atoms with Crippen LogP contribution in [0.15, 0.2) is 22.2 Å². The summed E-state index contributed by atoms with van der Waals surface area (Å²) in [5.74, 6) is -0.0764. The number of hydrogen-bond acceptors (Lipinski definition) is 4. The molecule has 54 valence electrons. The second-order valence-corrected chi connectivity index (χ2v) is 2.45. The zero-order valence-electron chi connectivity index (χ0n) is 5.07. The van der Waals surface area contributed by atoms with Crippen molar-refractivity contribution >= 4 is 11.8 Å². The molecule has 1 aromatic rings. The first-order valence-corrected chi connectivity index (χ1v) is 3.60. The van der Waals surface area contributed by atoms with Crippen LogP contribution in [-0.2, 0) is 0 Å². The van der Waals surface area contributed by atoms with Crippen LogP contribution >= 0.6 is 11.8 Å². The van der Waals surface area contributed by atoms with Crippen molar-refractivity contribution in [3.05, 3.63) is 22.6 Å². The molecule has 0 aromatic carbocycles. The minimum Gasteiger partial charge on any atom is -0.385 e. The van der Waals surface area contributed by atoms with Crippen LogP contribution in [0.2, 0.25) is 0 Å². The van der Waals surface area contributed by atoms with Gasteiger partial charge in [0.2, 0.25) is 0 Å². The molecule has 1 aromatic heterocycles. The van der Waals surface area contributed by atoms with Crippen LogP contribution in [0.3, 0.4) is 0 Å². The molecule has 0 radical (unpaired) electrons. The first kappa shape index (κ1) is 7.30. The number of H-pyrrole nitrogens is 1. The van der Waals surface area contributed by atoms with Gasteiger partial charge in [-0.05, 0) is 0 Å². The molecule has 5 heteroatoms. The van der Waals surface area contributed by atoms with E-state index < -0.39 is 0 Å². The largest absolute Gasteiger partial charge is 0.385 e. The Kier molecular flexibility index (Phi) is 2.47. The monoisotopic (exact) mass is 158 g/mol. The number of aliphatic hydroxyl groups excluding tert-OH is 1. The normalized spacial score (nSPS) is 9.70. The van der Waals surface area contributed by atoms with Crippen molar-refractivity contribution in [2.45, 2.75) is 5.16 Å². The molecule has 0 bridgehead atoms. The van der Waals surface area contributed by atoms with E-state index in [0.29, 0.717) is 5.16 Å². The molecule has 10 heavy (non-hydrogen) atoms. The van der Waals surface area contributed by atoms with Gasteiger partial charge in [0.1, 0.15) is 0 Å². The van der Waals surface area contributed by atoms with Crippen molar-refractivity contribution < 1.29 is 5.11 Å². The predicted octanol–water partition coefficient (Wildman–Crippen LogP) is -0.188. The lowest BCUT2D eigenvalue weighted by molar-refractivity contribution is 0.375. The highest BCUT2D eigenvalue weighted by atomic mass is 32.2. The number of nitrogens with one attached hydrogen (secondary N) is 1.